The molecule has 2 aromatic heterocycles. The van der Waals surface area contributed by atoms with Crippen molar-refractivity contribution in [3.05, 3.63) is 53.3 Å². The van der Waals surface area contributed by atoms with E-state index in [0.717, 1.165) is 16.0 Å². The van der Waals surface area contributed by atoms with Crippen molar-refractivity contribution >= 4 is 38.3 Å². The number of benzene rings is 1. The summed E-state index contributed by atoms with van der Waals surface area (Å²) in [6.45, 7) is 0. The summed E-state index contributed by atoms with van der Waals surface area (Å²) in [6, 6.07) is 12.2. The maximum Gasteiger partial charge on any atom is 0.130 e. The van der Waals surface area contributed by atoms with Crippen molar-refractivity contribution in [3.63, 3.8) is 0 Å². The lowest BCUT2D eigenvalue weighted by Gasteiger charge is -2.03. The number of aryl methyl sites for hydroxylation is 1. The number of fused-ring (bicyclic) bond motifs is 1. The van der Waals surface area contributed by atoms with E-state index in [2.05, 4.69) is 49.1 Å². The molecule has 0 fully saturated rings. The molecule has 1 aromatic carbocycles. The highest BCUT2D eigenvalue weighted by molar-refractivity contribution is 9.10. The number of aromatic nitrogens is 2. The number of para-hydroxylation sites is 1. The minimum absolute atomic E-state index is 0.842. The van der Waals surface area contributed by atoms with Gasteiger partial charge in [0.15, 0.2) is 0 Å². The van der Waals surface area contributed by atoms with Crippen LogP contribution in [0.15, 0.2) is 53.3 Å². The van der Waals surface area contributed by atoms with Crippen molar-refractivity contribution in [2.75, 3.05) is 5.32 Å². The molecule has 0 bridgehead atoms. The van der Waals surface area contributed by atoms with Crippen LogP contribution in [0.3, 0.4) is 0 Å². The van der Waals surface area contributed by atoms with Gasteiger partial charge in [0.1, 0.15) is 5.82 Å². The third kappa shape index (κ3) is 1.99. The second-order valence-corrected chi connectivity index (χ2v) is 5.07. The number of halogens is 1. The maximum atomic E-state index is 4.32. The van der Waals surface area contributed by atoms with Crippen LogP contribution in [0.4, 0.5) is 11.5 Å². The van der Waals surface area contributed by atoms with Crippen LogP contribution in [-0.4, -0.2) is 9.55 Å². The maximum absolute atomic E-state index is 4.32. The van der Waals surface area contributed by atoms with Gasteiger partial charge in [-0.25, -0.2) is 4.98 Å². The molecule has 0 spiro atoms. The Morgan fingerprint density at radius 2 is 2.00 bits per heavy atom. The van der Waals surface area contributed by atoms with Crippen molar-refractivity contribution < 1.29 is 0 Å². The van der Waals surface area contributed by atoms with E-state index in [1.165, 1.54) is 10.9 Å². The quantitative estimate of drug-likeness (QED) is 0.773. The highest BCUT2D eigenvalue weighted by atomic mass is 79.9. The molecular weight excluding hydrogens is 290 g/mol. The van der Waals surface area contributed by atoms with E-state index in [-0.39, 0.29) is 0 Å². The summed E-state index contributed by atoms with van der Waals surface area (Å²) in [7, 11) is 2.04. The first kappa shape index (κ1) is 11.3. The smallest absolute Gasteiger partial charge is 0.130 e. The molecule has 0 amide bonds. The largest absolute Gasteiger partial charge is 0.348 e. The fraction of sp³-hybridized carbons (Fsp3) is 0.0714. The summed E-state index contributed by atoms with van der Waals surface area (Å²) in [5.41, 5.74) is 2.28. The van der Waals surface area contributed by atoms with E-state index in [9.17, 15) is 0 Å². The normalized spacial score (nSPS) is 10.8. The second-order valence-electron chi connectivity index (χ2n) is 4.16. The zero-order valence-corrected chi connectivity index (χ0v) is 11.5. The molecule has 2 heterocycles. The molecule has 0 aliphatic rings. The average Bonchev–Trinajstić information content (AvgIpc) is 2.70. The van der Waals surface area contributed by atoms with Crippen molar-refractivity contribution in [3.8, 4) is 0 Å². The first-order valence-electron chi connectivity index (χ1n) is 5.67. The zero-order valence-electron chi connectivity index (χ0n) is 9.89. The van der Waals surface area contributed by atoms with Gasteiger partial charge in [-0.3, -0.25) is 0 Å². The van der Waals surface area contributed by atoms with Crippen LogP contribution in [0, 0.1) is 0 Å². The van der Waals surface area contributed by atoms with Crippen LogP contribution in [-0.2, 0) is 7.05 Å². The number of hydrogen-bond acceptors (Lipinski definition) is 2. The Morgan fingerprint density at radius 3 is 2.78 bits per heavy atom. The monoisotopic (exact) mass is 301 g/mol. The van der Waals surface area contributed by atoms with Gasteiger partial charge >= 0.3 is 0 Å². The minimum atomic E-state index is 0.842. The van der Waals surface area contributed by atoms with Crippen LogP contribution >= 0.6 is 15.9 Å². The lowest BCUT2D eigenvalue weighted by molar-refractivity contribution is 0.970. The molecular formula is C14H12BrN3. The van der Waals surface area contributed by atoms with Gasteiger partial charge in [-0.05, 0) is 34.1 Å². The van der Waals surface area contributed by atoms with E-state index in [4.69, 9.17) is 0 Å². The zero-order chi connectivity index (χ0) is 12.5. The van der Waals surface area contributed by atoms with Crippen LogP contribution in [0.2, 0.25) is 0 Å². The first-order valence-corrected chi connectivity index (χ1v) is 6.46. The van der Waals surface area contributed by atoms with E-state index in [1.54, 1.807) is 6.20 Å². The molecule has 4 heteroatoms. The van der Waals surface area contributed by atoms with Crippen molar-refractivity contribution in [2.24, 2.45) is 7.05 Å². The summed E-state index contributed by atoms with van der Waals surface area (Å²) in [4.78, 5) is 4.32. The second kappa shape index (κ2) is 4.46. The van der Waals surface area contributed by atoms with E-state index in [1.807, 2.05) is 31.3 Å². The fourth-order valence-corrected chi connectivity index (χ4v) is 2.26. The highest BCUT2D eigenvalue weighted by Crippen LogP contribution is 2.27. The Labute approximate surface area is 114 Å². The molecule has 0 unspecified atom stereocenters. The molecule has 0 aliphatic heterocycles. The lowest BCUT2D eigenvalue weighted by atomic mass is 10.2. The molecule has 3 aromatic rings. The predicted octanol–water partition coefficient (Wildman–Crippen LogP) is 4.08. The Hall–Kier alpha value is -1.81. The SMILES string of the molecule is Cn1cc(Nc2ccc(Br)cn2)c2ccccc21. The third-order valence-corrected chi connectivity index (χ3v) is 3.36. The van der Waals surface area contributed by atoms with Gasteiger partial charge in [-0.15, -0.1) is 0 Å². The molecule has 90 valence electrons. The fourth-order valence-electron chi connectivity index (χ4n) is 2.03. The topological polar surface area (TPSA) is 29.9 Å². The van der Waals surface area contributed by atoms with Gasteiger partial charge < -0.3 is 9.88 Å². The standard InChI is InChI=1S/C14H12BrN3/c1-18-9-12(11-4-2-3-5-13(11)18)17-14-7-6-10(15)8-16-14/h2-9H,1H3,(H,16,17). The van der Waals surface area contributed by atoms with Crippen molar-refractivity contribution in [2.45, 2.75) is 0 Å². The summed E-state index contributed by atoms with van der Waals surface area (Å²) in [5, 5.41) is 4.54. The van der Waals surface area contributed by atoms with Gasteiger partial charge in [-0.1, -0.05) is 18.2 Å². The summed E-state index contributed by atoms with van der Waals surface area (Å²) >= 11 is 3.38. The minimum Gasteiger partial charge on any atom is -0.348 e. The van der Waals surface area contributed by atoms with Crippen LogP contribution in [0.1, 0.15) is 0 Å². The van der Waals surface area contributed by atoms with Crippen LogP contribution in [0.5, 0.6) is 0 Å². The third-order valence-electron chi connectivity index (χ3n) is 2.89. The van der Waals surface area contributed by atoms with E-state index < -0.39 is 0 Å². The Balaban J connectivity index is 2.02. The molecule has 0 aliphatic carbocycles. The Bertz CT molecular complexity index is 686. The molecule has 0 saturated heterocycles. The number of pyridine rings is 1. The van der Waals surface area contributed by atoms with Crippen molar-refractivity contribution in [1.82, 2.24) is 9.55 Å². The van der Waals surface area contributed by atoms with Gasteiger partial charge in [0.2, 0.25) is 0 Å². The Kier molecular flexibility index (Phi) is 2.80. The van der Waals surface area contributed by atoms with Gasteiger partial charge in [0, 0.05) is 34.8 Å². The molecule has 0 atom stereocenters. The van der Waals surface area contributed by atoms with Gasteiger partial charge in [-0.2, -0.15) is 0 Å². The molecule has 0 radical (unpaired) electrons. The summed E-state index contributed by atoms with van der Waals surface area (Å²) in [5.74, 6) is 0.842. The molecule has 3 rings (SSSR count). The number of nitrogens with zero attached hydrogens (tertiary/aromatic N) is 2. The van der Waals surface area contributed by atoms with Crippen LogP contribution < -0.4 is 5.32 Å². The molecule has 0 saturated carbocycles. The van der Waals surface area contributed by atoms with Crippen molar-refractivity contribution in [1.29, 1.82) is 0 Å². The van der Waals surface area contributed by atoms with Gasteiger partial charge in [0.05, 0.1) is 5.69 Å². The number of nitrogens with one attached hydrogen (secondary N) is 1. The summed E-state index contributed by atoms with van der Waals surface area (Å²) < 4.78 is 3.09. The van der Waals surface area contributed by atoms with E-state index in [0.29, 0.717) is 0 Å². The first-order chi connectivity index (χ1) is 8.74. The van der Waals surface area contributed by atoms with E-state index >= 15 is 0 Å². The lowest BCUT2D eigenvalue weighted by Crippen LogP contribution is -1.91. The average molecular weight is 302 g/mol. The highest BCUT2D eigenvalue weighted by Gasteiger charge is 2.06. The van der Waals surface area contributed by atoms with Gasteiger partial charge in [0.25, 0.3) is 0 Å². The molecule has 3 nitrogen and oxygen atoms in total. The Morgan fingerprint density at radius 1 is 1.17 bits per heavy atom. The number of anilines is 2. The summed E-state index contributed by atoms with van der Waals surface area (Å²) in [6.07, 6.45) is 3.86. The predicted molar refractivity (Wildman–Crippen MR) is 78.1 cm³/mol. The number of hydrogen-bond donors (Lipinski definition) is 1. The molecule has 1 N–H and O–H groups in total. The molecule has 18 heavy (non-hydrogen) atoms. The van der Waals surface area contributed by atoms with Crippen LogP contribution in [0.25, 0.3) is 10.9 Å². The number of rotatable bonds is 2.